The van der Waals surface area contributed by atoms with Gasteiger partial charge < -0.3 is 38.1 Å². The molecule has 0 bridgehead atoms. The molecule has 10 N–H and O–H groups in total. The minimum atomic E-state index is -0.893. The van der Waals surface area contributed by atoms with E-state index in [2.05, 4.69) is 31.2 Å². The molecule has 11 nitrogen and oxygen atoms in total. The van der Waals surface area contributed by atoms with Gasteiger partial charge in [0, 0.05) is 35.0 Å². The lowest BCUT2D eigenvalue weighted by molar-refractivity contribution is -0.122. The van der Waals surface area contributed by atoms with Crippen molar-refractivity contribution in [2.75, 3.05) is 6.54 Å². The number of rotatable bonds is 11. The predicted octanol–water partition coefficient (Wildman–Crippen LogP) is 1.96. The van der Waals surface area contributed by atoms with Gasteiger partial charge in [0.1, 0.15) is 11.7 Å². The summed E-state index contributed by atoms with van der Waals surface area (Å²) in [6.07, 6.45) is 0.731. The van der Waals surface area contributed by atoms with Crippen LogP contribution in [0.5, 0.6) is 0 Å². The van der Waals surface area contributed by atoms with E-state index in [1.54, 1.807) is 0 Å². The van der Waals surface area contributed by atoms with E-state index in [0.717, 1.165) is 32.1 Å². The molecule has 3 rings (SSSR count). The first kappa shape index (κ1) is 27.5. The molecule has 196 valence electrons. The maximum absolute atomic E-state index is 13.9. The van der Waals surface area contributed by atoms with Gasteiger partial charge in [0.15, 0.2) is 5.96 Å². The fourth-order valence-corrected chi connectivity index (χ4v) is 4.43. The summed E-state index contributed by atoms with van der Waals surface area (Å²) in [5.41, 5.74) is 25.3. The summed E-state index contributed by atoms with van der Waals surface area (Å²) in [7, 11) is 0. The number of aliphatic imine (C=N–C) groups is 1. The molecule has 4 amide bonds. The number of aromatic nitrogens is 1. The van der Waals surface area contributed by atoms with Gasteiger partial charge >= 0.3 is 6.03 Å². The van der Waals surface area contributed by atoms with Crippen LogP contribution < -0.4 is 28.3 Å². The summed E-state index contributed by atoms with van der Waals surface area (Å²) >= 11 is 3.47. The van der Waals surface area contributed by atoms with E-state index in [9.17, 15) is 14.4 Å². The highest BCUT2D eigenvalue weighted by Gasteiger charge is 2.31. The van der Waals surface area contributed by atoms with Crippen LogP contribution in [-0.2, 0) is 17.9 Å². The lowest BCUT2D eigenvalue weighted by Gasteiger charge is -2.30. The van der Waals surface area contributed by atoms with Crippen LogP contribution in [0.2, 0.25) is 0 Å². The van der Waals surface area contributed by atoms with Crippen LogP contribution in [-0.4, -0.2) is 46.3 Å². The third-order valence-corrected chi connectivity index (χ3v) is 6.47. The maximum atomic E-state index is 13.9. The number of carbonyl (C=O) groups is 3. The van der Waals surface area contributed by atoms with Crippen molar-refractivity contribution in [1.29, 1.82) is 0 Å². The molecule has 0 unspecified atom stereocenters. The lowest BCUT2D eigenvalue weighted by Crippen LogP contribution is -2.48. The number of amides is 4. The highest BCUT2D eigenvalue weighted by Crippen LogP contribution is 2.27. The van der Waals surface area contributed by atoms with Crippen molar-refractivity contribution in [2.24, 2.45) is 27.9 Å². The number of hydrogen-bond acceptors (Lipinski definition) is 4. The molecular weight excluding hydrogens is 540 g/mol. The number of nitrogens with one attached hydrogen (secondary N) is 2. The number of aryl methyl sites for hydroxylation is 1. The molecular formula is C25H31BrN8O3. The lowest BCUT2D eigenvalue weighted by atomic mass is 10.0. The van der Waals surface area contributed by atoms with Crippen LogP contribution in [0, 0.1) is 6.92 Å². The molecule has 0 aliphatic carbocycles. The Morgan fingerprint density at radius 3 is 2.35 bits per heavy atom. The van der Waals surface area contributed by atoms with E-state index in [0.29, 0.717) is 18.7 Å². The van der Waals surface area contributed by atoms with Gasteiger partial charge in [0.25, 0.3) is 5.91 Å². The van der Waals surface area contributed by atoms with E-state index in [1.165, 1.54) is 4.90 Å². The van der Waals surface area contributed by atoms with Gasteiger partial charge in [-0.15, -0.1) is 0 Å². The number of hydrogen-bond donors (Lipinski definition) is 6. The Balaban J connectivity index is 1.94. The largest absolute Gasteiger partial charge is 0.370 e. The van der Waals surface area contributed by atoms with Gasteiger partial charge in [-0.3, -0.25) is 14.6 Å². The molecule has 0 fully saturated rings. The summed E-state index contributed by atoms with van der Waals surface area (Å²) in [6.45, 7) is 2.57. The zero-order chi connectivity index (χ0) is 27.1. The normalized spacial score (nSPS) is 11.6. The van der Waals surface area contributed by atoms with Gasteiger partial charge in [0.2, 0.25) is 5.91 Å². The summed E-state index contributed by atoms with van der Waals surface area (Å²) in [6, 6.07) is 11.5. The summed E-state index contributed by atoms with van der Waals surface area (Å²) in [5, 5.41) is 3.43. The van der Waals surface area contributed by atoms with Gasteiger partial charge in [0.05, 0.1) is 0 Å². The van der Waals surface area contributed by atoms with E-state index in [1.807, 2.05) is 49.4 Å². The zero-order valence-corrected chi connectivity index (χ0v) is 22.0. The van der Waals surface area contributed by atoms with E-state index >= 15 is 0 Å². The number of aromatic amines is 1. The average molecular weight is 571 g/mol. The number of halogens is 1. The Bertz CT molecular complexity index is 1320. The zero-order valence-electron chi connectivity index (χ0n) is 20.5. The number of benzene rings is 2. The molecule has 1 heterocycles. The first-order chi connectivity index (χ1) is 17.6. The van der Waals surface area contributed by atoms with E-state index in [-0.39, 0.29) is 31.4 Å². The van der Waals surface area contributed by atoms with Crippen molar-refractivity contribution in [3.05, 3.63) is 69.3 Å². The standard InChI is InChI=1S/C25H31BrN8O3/c1-14-18-11-17(26)8-9-19(18)33-21(14)23(36)34(20(22(27)35)3-2-10-31-24(28)29)13-16-6-4-15(5-7-16)12-32-25(30)37/h4-9,11,20,33H,2-3,10,12-13H2,1H3,(H2,27,35)(H4,28,29,31)(H3,30,32,37)/t20-/m1/s1. The Morgan fingerprint density at radius 1 is 1.05 bits per heavy atom. The van der Waals surface area contributed by atoms with Gasteiger partial charge in [-0.2, -0.15) is 0 Å². The van der Waals surface area contributed by atoms with E-state index < -0.39 is 18.0 Å². The number of guanidine groups is 1. The quantitative estimate of drug-likeness (QED) is 0.116. The number of primary amides is 2. The topological polar surface area (TPSA) is 199 Å². The third-order valence-electron chi connectivity index (χ3n) is 5.97. The van der Waals surface area contributed by atoms with Crippen molar-refractivity contribution in [1.82, 2.24) is 15.2 Å². The molecule has 0 aliphatic rings. The molecule has 0 aliphatic heterocycles. The average Bonchev–Trinajstić information content (AvgIpc) is 3.17. The minimum absolute atomic E-state index is 0.0469. The molecule has 0 saturated heterocycles. The molecule has 0 radical (unpaired) electrons. The number of carbonyl (C=O) groups excluding carboxylic acids is 3. The number of nitrogens with two attached hydrogens (primary N) is 4. The fraction of sp³-hybridized carbons (Fsp3) is 0.280. The van der Waals surface area contributed by atoms with E-state index in [4.69, 9.17) is 22.9 Å². The molecule has 2 aromatic carbocycles. The van der Waals surface area contributed by atoms with Gasteiger partial charge in [-0.1, -0.05) is 40.2 Å². The fourth-order valence-electron chi connectivity index (χ4n) is 4.07. The smallest absolute Gasteiger partial charge is 0.312 e. The highest BCUT2D eigenvalue weighted by atomic mass is 79.9. The Morgan fingerprint density at radius 2 is 1.73 bits per heavy atom. The molecule has 0 saturated carbocycles. The maximum Gasteiger partial charge on any atom is 0.312 e. The second kappa shape index (κ2) is 12.3. The first-order valence-electron chi connectivity index (χ1n) is 11.6. The first-order valence-corrected chi connectivity index (χ1v) is 12.4. The second-order valence-electron chi connectivity index (χ2n) is 8.65. The van der Waals surface area contributed by atoms with Crippen LogP contribution in [0.1, 0.15) is 40.0 Å². The molecule has 3 aromatic rings. The second-order valence-corrected chi connectivity index (χ2v) is 9.56. The van der Waals surface area contributed by atoms with Gasteiger partial charge in [-0.05, 0) is 54.7 Å². The van der Waals surface area contributed by atoms with Crippen molar-refractivity contribution in [3.63, 3.8) is 0 Å². The number of urea groups is 1. The Labute approximate surface area is 222 Å². The number of nitrogens with zero attached hydrogens (tertiary/aromatic N) is 2. The summed E-state index contributed by atoms with van der Waals surface area (Å²) in [4.78, 5) is 46.1. The highest BCUT2D eigenvalue weighted by molar-refractivity contribution is 9.10. The summed E-state index contributed by atoms with van der Waals surface area (Å²) < 4.78 is 0.888. The van der Waals surface area contributed by atoms with Crippen molar-refractivity contribution >= 4 is 50.6 Å². The number of fused-ring (bicyclic) bond motifs is 1. The third kappa shape index (κ3) is 7.23. The number of H-pyrrole nitrogens is 1. The van der Waals surface area contributed by atoms with Crippen molar-refractivity contribution < 1.29 is 14.4 Å². The molecule has 0 spiro atoms. The van der Waals surface area contributed by atoms with Crippen LogP contribution in [0.25, 0.3) is 10.9 Å². The van der Waals surface area contributed by atoms with Crippen molar-refractivity contribution in [3.8, 4) is 0 Å². The van der Waals surface area contributed by atoms with Crippen molar-refractivity contribution in [2.45, 2.75) is 38.9 Å². The molecule has 12 heteroatoms. The monoisotopic (exact) mass is 570 g/mol. The van der Waals surface area contributed by atoms with Crippen LogP contribution >= 0.6 is 15.9 Å². The van der Waals surface area contributed by atoms with Gasteiger partial charge in [-0.25, -0.2) is 4.79 Å². The molecule has 37 heavy (non-hydrogen) atoms. The van der Waals surface area contributed by atoms with Crippen LogP contribution in [0.4, 0.5) is 4.79 Å². The SMILES string of the molecule is Cc1c(C(=O)N(Cc2ccc(CNC(N)=O)cc2)[C@H](CCCN=C(N)N)C(N)=O)[nH]c2ccc(Br)cc12. The van der Waals surface area contributed by atoms with Crippen LogP contribution in [0.15, 0.2) is 51.9 Å². The van der Waals surface area contributed by atoms with Crippen LogP contribution in [0.3, 0.4) is 0 Å². The summed E-state index contributed by atoms with van der Waals surface area (Å²) in [5.74, 6) is -1.03. The Hall–Kier alpha value is -4.06. The Kier molecular flexibility index (Phi) is 9.12. The predicted molar refractivity (Wildman–Crippen MR) is 146 cm³/mol. The minimum Gasteiger partial charge on any atom is -0.370 e. The molecule has 1 atom stereocenters. The molecule has 1 aromatic heterocycles.